The third kappa shape index (κ3) is 10.1. The smallest absolute Gasteiger partial charge is 0.0431 e. The Kier molecular flexibility index (Phi) is 12.3. The van der Waals surface area contributed by atoms with Crippen molar-refractivity contribution in [2.45, 2.75) is 91.4 Å². The topological polar surface area (TPSA) is 32.6 Å². The van der Waals surface area contributed by atoms with E-state index in [4.69, 9.17) is 5.11 Å². The predicted octanol–water partition coefficient (Wildman–Crippen LogP) is 6.81. The third-order valence-electron chi connectivity index (χ3n) is 5.32. The van der Waals surface area contributed by atoms with Gasteiger partial charge in [0.25, 0.3) is 0 Å². The average molecular weight is 360 g/mol. The van der Waals surface area contributed by atoms with Gasteiger partial charge in [0.15, 0.2) is 0 Å². The first-order valence-corrected chi connectivity index (χ1v) is 10.7. The molecule has 0 saturated heterocycles. The first kappa shape index (κ1) is 22.9. The van der Waals surface area contributed by atoms with E-state index in [0.29, 0.717) is 12.5 Å². The average Bonchev–Trinajstić information content (AvgIpc) is 2.63. The zero-order chi connectivity index (χ0) is 19.2. The molecule has 2 nitrogen and oxygen atoms in total. The second-order valence-corrected chi connectivity index (χ2v) is 7.99. The van der Waals surface area contributed by atoms with Gasteiger partial charge in [-0.25, -0.2) is 0 Å². The molecule has 148 valence electrons. The highest BCUT2D eigenvalue weighted by molar-refractivity contribution is 5.97. The number of unbranched alkanes of at least 4 members (excludes halogenated alkanes) is 4. The minimum absolute atomic E-state index is 0.334. The Balaban J connectivity index is 2.49. The van der Waals surface area contributed by atoms with Crippen LogP contribution in [-0.2, 0) is 0 Å². The Morgan fingerprint density at radius 3 is 2.12 bits per heavy atom. The van der Waals surface area contributed by atoms with Crippen LogP contribution in [0.4, 0.5) is 0 Å². The summed E-state index contributed by atoms with van der Waals surface area (Å²) in [6, 6.07) is 0. The van der Waals surface area contributed by atoms with E-state index in [1.54, 1.807) is 0 Å². The van der Waals surface area contributed by atoms with Crippen molar-refractivity contribution >= 4 is 5.71 Å². The fourth-order valence-electron chi connectivity index (χ4n) is 3.95. The Labute approximate surface area is 162 Å². The lowest BCUT2D eigenvalue weighted by Crippen LogP contribution is -2.16. The third-order valence-corrected chi connectivity index (χ3v) is 5.32. The molecule has 2 heteroatoms. The highest BCUT2D eigenvalue weighted by Gasteiger charge is 2.17. The van der Waals surface area contributed by atoms with Crippen LogP contribution in [0.5, 0.6) is 0 Å². The first-order chi connectivity index (χ1) is 12.6. The highest BCUT2D eigenvalue weighted by atomic mass is 16.2. The molecule has 0 aromatic rings. The molecular formula is C24H41NO. The van der Waals surface area contributed by atoms with Crippen LogP contribution in [-0.4, -0.2) is 24.5 Å². The Bertz CT molecular complexity index is 504. The van der Waals surface area contributed by atoms with Gasteiger partial charge in [0.05, 0.1) is 0 Å². The van der Waals surface area contributed by atoms with Crippen LogP contribution in [0, 0.1) is 5.92 Å². The van der Waals surface area contributed by atoms with Crippen LogP contribution >= 0.6 is 0 Å². The van der Waals surface area contributed by atoms with Gasteiger partial charge in [-0.2, -0.15) is 0 Å². The molecule has 0 radical (unpaired) electrons. The molecule has 0 aromatic heterocycles. The Morgan fingerprint density at radius 1 is 0.846 bits per heavy atom. The van der Waals surface area contributed by atoms with Crippen LogP contribution in [0.1, 0.15) is 91.4 Å². The van der Waals surface area contributed by atoms with Crippen molar-refractivity contribution < 1.29 is 5.11 Å². The normalized spacial score (nSPS) is 18.5. The maximum atomic E-state index is 8.80. The molecule has 0 heterocycles. The summed E-state index contributed by atoms with van der Waals surface area (Å²) in [5, 5.41) is 8.80. The van der Waals surface area contributed by atoms with E-state index < -0.39 is 0 Å². The van der Waals surface area contributed by atoms with Gasteiger partial charge in [0.2, 0.25) is 0 Å². The van der Waals surface area contributed by atoms with Gasteiger partial charge in [-0.1, -0.05) is 61.8 Å². The van der Waals surface area contributed by atoms with Crippen LogP contribution in [0.3, 0.4) is 0 Å². The molecule has 0 bridgehead atoms. The molecule has 1 N–H and O–H groups in total. The van der Waals surface area contributed by atoms with Gasteiger partial charge in [0.1, 0.15) is 0 Å². The molecule has 1 fully saturated rings. The van der Waals surface area contributed by atoms with Crippen molar-refractivity contribution in [2.24, 2.45) is 10.9 Å². The van der Waals surface area contributed by atoms with Crippen molar-refractivity contribution in [3.8, 4) is 0 Å². The van der Waals surface area contributed by atoms with Gasteiger partial charge in [-0.05, 0) is 64.5 Å². The number of rotatable bonds is 11. The molecule has 0 amide bonds. The van der Waals surface area contributed by atoms with Crippen molar-refractivity contribution in [2.75, 3.05) is 13.7 Å². The molecular weight excluding hydrogens is 318 g/mol. The molecule has 0 atom stereocenters. The van der Waals surface area contributed by atoms with E-state index in [2.05, 4.69) is 44.0 Å². The summed E-state index contributed by atoms with van der Waals surface area (Å²) in [5.74, 6) is 0.667. The molecule has 0 aliphatic heterocycles. The Hall–Kier alpha value is -1.15. The number of aliphatic imine (C=N–C) groups is 1. The molecule has 1 aliphatic carbocycles. The molecule has 0 unspecified atom stereocenters. The summed E-state index contributed by atoms with van der Waals surface area (Å²) in [6.45, 7) is 6.97. The summed E-state index contributed by atoms with van der Waals surface area (Å²) < 4.78 is 0. The Morgan fingerprint density at radius 2 is 1.46 bits per heavy atom. The zero-order valence-corrected chi connectivity index (χ0v) is 17.7. The lowest BCUT2D eigenvalue weighted by Gasteiger charge is -2.21. The van der Waals surface area contributed by atoms with Crippen LogP contribution in [0.15, 0.2) is 39.9 Å². The van der Waals surface area contributed by atoms with Crippen LogP contribution in [0.2, 0.25) is 0 Å². The van der Waals surface area contributed by atoms with Crippen molar-refractivity contribution in [3.63, 3.8) is 0 Å². The first-order valence-electron chi connectivity index (χ1n) is 10.7. The van der Waals surface area contributed by atoms with Crippen molar-refractivity contribution in [3.05, 3.63) is 34.9 Å². The summed E-state index contributed by atoms with van der Waals surface area (Å²) in [5.41, 5.74) is 5.39. The summed E-state index contributed by atoms with van der Waals surface area (Å²) in [6.07, 6.45) is 20.7. The van der Waals surface area contributed by atoms with Crippen molar-refractivity contribution in [1.29, 1.82) is 0 Å². The van der Waals surface area contributed by atoms with Crippen molar-refractivity contribution in [1.82, 2.24) is 0 Å². The number of aliphatic hydroxyl groups is 1. The van der Waals surface area contributed by atoms with E-state index in [1.165, 1.54) is 80.2 Å². The van der Waals surface area contributed by atoms with Gasteiger partial charge >= 0.3 is 0 Å². The summed E-state index contributed by atoms with van der Waals surface area (Å²) >= 11 is 0. The van der Waals surface area contributed by atoms with E-state index >= 15 is 0 Å². The molecule has 1 rings (SSSR count). The van der Waals surface area contributed by atoms with Gasteiger partial charge in [-0.15, -0.1) is 0 Å². The van der Waals surface area contributed by atoms with E-state index in [1.807, 2.05) is 7.05 Å². The fourth-order valence-corrected chi connectivity index (χ4v) is 3.95. The standard InChI is InChI=1S/C24H41NO/c1-20(13-9-6-5-7-12-16-26)17-21(2)18-22(3)19-24(25-4)23-14-10-8-11-15-23/h17-19,23,26H,5-16H2,1-4H3/b20-17+,21-18-,22-19+,25-24+. The molecule has 1 aliphatic rings. The predicted molar refractivity (Wildman–Crippen MR) is 116 cm³/mol. The van der Waals surface area contributed by atoms with Gasteiger partial charge in [-0.3, -0.25) is 4.99 Å². The van der Waals surface area contributed by atoms with E-state index in [0.717, 1.165) is 12.8 Å². The lowest BCUT2D eigenvalue weighted by molar-refractivity contribution is 0.282. The molecule has 0 aromatic carbocycles. The lowest BCUT2D eigenvalue weighted by atomic mass is 9.85. The largest absolute Gasteiger partial charge is 0.396 e. The second-order valence-electron chi connectivity index (χ2n) is 7.99. The molecule has 1 saturated carbocycles. The summed E-state index contributed by atoms with van der Waals surface area (Å²) in [4.78, 5) is 4.57. The zero-order valence-electron chi connectivity index (χ0n) is 17.7. The SMILES string of the molecule is C\N=C(/C=C(C)/C=C(C)\C=C(/C)CCCCCCCO)C1CCCCC1. The summed E-state index contributed by atoms with van der Waals surface area (Å²) in [7, 11) is 1.94. The van der Waals surface area contributed by atoms with Crippen LogP contribution in [0.25, 0.3) is 0 Å². The molecule has 0 spiro atoms. The number of aliphatic hydroxyl groups excluding tert-OH is 1. The number of hydrogen-bond donors (Lipinski definition) is 1. The van der Waals surface area contributed by atoms with E-state index in [9.17, 15) is 0 Å². The van der Waals surface area contributed by atoms with Crippen LogP contribution < -0.4 is 0 Å². The molecule has 26 heavy (non-hydrogen) atoms. The van der Waals surface area contributed by atoms with Gasteiger partial charge in [0, 0.05) is 25.3 Å². The second kappa shape index (κ2) is 14.0. The van der Waals surface area contributed by atoms with Gasteiger partial charge < -0.3 is 5.11 Å². The van der Waals surface area contributed by atoms with E-state index in [-0.39, 0.29) is 0 Å². The maximum Gasteiger partial charge on any atom is 0.0431 e. The maximum absolute atomic E-state index is 8.80. The number of allylic oxidation sites excluding steroid dienone is 6. The minimum Gasteiger partial charge on any atom is -0.396 e. The number of hydrogen-bond acceptors (Lipinski definition) is 2. The minimum atomic E-state index is 0.334. The highest BCUT2D eigenvalue weighted by Crippen LogP contribution is 2.26. The number of nitrogens with zero attached hydrogens (tertiary/aromatic N) is 1. The fraction of sp³-hybridized carbons (Fsp3) is 0.708. The monoisotopic (exact) mass is 359 g/mol. The quantitative estimate of drug-likeness (QED) is 0.245.